The van der Waals surface area contributed by atoms with Crippen molar-refractivity contribution in [1.82, 2.24) is 20.1 Å². The summed E-state index contributed by atoms with van der Waals surface area (Å²) in [6, 6.07) is 6.06. The summed E-state index contributed by atoms with van der Waals surface area (Å²) in [4.78, 5) is 34.3. The molecule has 0 spiro atoms. The first-order chi connectivity index (χ1) is 21.1. The fourth-order valence-corrected chi connectivity index (χ4v) is 7.17. The number of pyridine rings is 1. The molecule has 45 heavy (non-hydrogen) atoms. The molecule has 4 fully saturated rings. The topological polar surface area (TPSA) is 117 Å². The van der Waals surface area contributed by atoms with Crippen LogP contribution in [0, 0.1) is 17.1 Å². The molecule has 1 saturated carbocycles. The summed E-state index contributed by atoms with van der Waals surface area (Å²) in [7, 11) is 2.06. The van der Waals surface area contributed by atoms with Crippen molar-refractivity contribution in [3.8, 4) is 11.9 Å². The van der Waals surface area contributed by atoms with Crippen molar-refractivity contribution in [1.29, 1.82) is 5.26 Å². The van der Waals surface area contributed by atoms with E-state index >= 15 is 4.39 Å². The second-order valence-electron chi connectivity index (χ2n) is 14.3. The quantitative estimate of drug-likeness (QED) is 0.328. The van der Waals surface area contributed by atoms with Gasteiger partial charge in [0.05, 0.1) is 16.1 Å². The highest BCUT2D eigenvalue weighted by Crippen LogP contribution is 2.45. The maximum absolute atomic E-state index is 15.8. The van der Waals surface area contributed by atoms with Crippen LogP contribution in [0.5, 0.6) is 5.88 Å². The van der Waals surface area contributed by atoms with Crippen LogP contribution in [-0.4, -0.2) is 82.5 Å². The molecule has 3 aliphatic heterocycles. The molecule has 244 valence electrons. The van der Waals surface area contributed by atoms with E-state index < -0.39 is 28.7 Å². The van der Waals surface area contributed by atoms with Gasteiger partial charge in [-0.2, -0.15) is 5.26 Å². The van der Waals surface area contributed by atoms with Gasteiger partial charge < -0.3 is 29.3 Å². The van der Waals surface area contributed by atoms with Gasteiger partial charge in [0, 0.05) is 42.9 Å². The lowest BCUT2D eigenvalue weighted by atomic mass is 9.78. The number of nitrogens with one attached hydrogen (secondary N) is 1. The molecule has 1 aliphatic carbocycles. The molecule has 2 bridgehead atoms. The number of benzene rings is 1. The van der Waals surface area contributed by atoms with Crippen molar-refractivity contribution in [3.05, 3.63) is 33.5 Å². The van der Waals surface area contributed by atoms with Crippen molar-refractivity contribution < 1.29 is 28.2 Å². The van der Waals surface area contributed by atoms with Crippen LogP contribution in [0.4, 0.5) is 14.0 Å². The average Bonchev–Trinajstić information content (AvgIpc) is 3.60. The van der Waals surface area contributed by atoms with Crippen LogP contribution >= 0.6 is 15.9 Å². The second-order valence-corrected chi connectivity index (χ2v) is 15.1. The SMILES string of the molecule is CN1CCC[C@H]1COc1cc(CC(C)(C)OC(=O)NC23CC(C2)N(C(=O)OC(C)(C)C)C3)c2cc(CCC#N)c(Br)c(F)c2n1. The number of aromatic nitrogens is 1. The van der Waals surface area contributed by atoms with E-state index in [0.717, 1.165) is 24.9 Å². The number of nitriles is 1. The fraction of sp³-hybridized carbons (Fsp3) is 0.636. The molecule has 1 atom stereocenters. The van der Waals surface area contributed by atoms with E-state index in [0.29, 0.717) is 49.2 Å². The highest BCUT2D eigenvalue weighted by atomic mass is 79.9. The summed E-state index contributed by atoms with van der Waals surface area (Å²) in [6.07, 6.45) is 3.34. The van der Waals surface area contributed by atoms with Crippen LogP contribution in [0.2, 0.25) is 0 Å². The number of rotatable bonds is 9. The predicted octanol–water partition coefficient (Wildman–Crippen LogP) is 6.26. The zero-order valence-corrected chi connectivity index (χ0v) is 28.6. The van der Waals surface area contributed by atoms with Gasteiger partial charge in [-0.1, -0.05) is 0 Å². The second kappa shape index (κ2) is 12.6. The summed E-state index contributed by atoms with van der Waals surface area (Å²) in [5.41, 5.74) is -0.591. The fourth-order valence-electron chi connectivity index (χ4n) is 6.67. The number of hydrogen-bond acceptors (Lipinski definition) is 8. The van der Waals surface area contributed by atoms with Crippen molar-refractivity contribution in [2.24, 2.45) is 0 Å². The number of likely N-dealkylation sites (N-methyl/N-ethyl adjacent to an activating group) is 1. The molecule has 1 N–H and O–H groups in total. The Labute approximate surface area is 272 Å². The normalized spacial score (nSPS) is 23.0. The number of hydrogen-bond donors (Lipinski definition) is 1. The van der Waals surface area contributed by atoms with E-state index in [1.165, 1.54) is 0 Å². The number of fused-ring (bicyclic) bond motifs is 2. The molecular formula is C33H43BrFN5O5. The molecule has 4 aliphatic rings. The first-order valence-electron chi connectivity index (χ1n) is 15.6. The highest BCUT2D eigenvalue weighted by molar-refractivity contribution is 9.10. The van der Waals surface area contributed by atoms with Crippen LogP contribution in [0.3, 0.4) is 0 Å². The van der Waals surface area contributed by atoms with Crippen molar-refractivity contribution in [2.75, 3.05) is 26.7 Å². The summed E-state index contributed by atoms with van der Waals surface area (Å²) in [5, 5.41) is 12.7. The number of halogens is 2. The monoisotopic (exact) mass is 687 g/mol. The molecule has 0 unspecified atom stereocenters. The Morgan fingerprint density at radius 1 is 1.20 bits per heavy atom. The van der Waals surface area contributed by atoms with Crippen LogP contribution in [0.15, 0.2) is 16.6 Å². The predicted molar refractivity (Wildman–Crippen MR) is 171 cm³/mol. The molecular weight excluding hydrogens is 645 g/mol. The lowest BCUT2D eigenvalue weighted by molar-refractivity contribution is 0.0244. The maximum Gasteiger partial charge on any atom is 0.410 e. The van der Waals surface area contributed by atoms with E-state index in [1.54, 1.807) is 11.0 Å². The number of alkyl carbamates (subject to hydrolysis) is 1. The Morgan fingerprint density at radius 3 is 2.58 bits per heavy atom. The number of ether oxygens (including phenoxy) is 3. The number of carbonyl (C=O) groups is 2. The van der Waals surface area contributed by atoms with Gasteiger partial charge in [-0.05, 0) is 113 Å². The number of nitrogens with zero attached hydrogens (tertiary/aromatic N) is 4. The van der Waals surface area contributed by atoms with Crippen molar-refractivity contribution in [2.45, 2.75) is 108 Å². The minimum atomic E-state index is -0.985. The van der Waals surface area contributed by atoms with Crippen LogP contribution < -0.4 is 10.1 Å². The Kier molecular flexibility index (Phi) is 9.26. The lowest BCUT2D eigenvalue weighted by Crippen LogP contribution is -2.56. The number of carbonyl (C=O) groups excluding carboxylic acids is 2. The van der Waals surface area contributed by atoms with E-state index in [1.807, 2.05) is 40.7 Å². The zero-order valence-electron chi connectivity index (χ0n) is 27.0. The molecule has 6 rings (SSSR count). The number of aryl methyl sites for hydroxylation is 1. The Bertz CT molecular complexity index is 1510. The van der Waals surface area contributed by atoms with Gasteiger partial charge in [-0.3, -0.25) is 0 Å². The number of likely N-dealkylation sites (tertiary alicyclic amines) is 1. The van der Waals surface area contributed by atoms with E-state index in [-0.39, 0.29) is 41.0 Å². The largest absolute Gasteiger partial charge is 0.476 e. The first-order valence-corrected chi connectivity index (χ1v) is 16.4. The summed E-state index contributed by atoms with van der Waals surface area (Å²) >= 11 is 3.37. The zero-order chi connectivity index (χ0) is 32.7. The molecule has 12 heteroatoms. The smallest absolute Gasteiger partial charge is 0.410 e. The minimum Gasteiger partial charge on any atom is -0.476 e. The third kappa shape index (κ3) is 7.46. The molecule has 4 heterocycles. The third-order valence-corrected chi connectivity index (χ3v) is 9.73. The van der Waals surface area contributed by atoms with Crippen LogP contribution in [0.25, 0.3) is 10.9 Å². The molecule has 3 saturated heterocycles. The standard InChI is InChI=1S/C33H43BrFN5O5/c1-31(2,3)45-30(42)40-19-33(16-23(40)17-33)38-29(41)44-32(4,5)15-21-14-25(43-18-22-10-8-12-39(22)6)37-28-24(21)13-20(9-7-11-36)26(34)27(28)35/h13-14,22-23H,7-10,12,15-19H2,1-6H3,(H,38,41)/t22-,23?,33?/m0/s1. The Balaban J connectivity index is 1.34. The lowest BCUT2D eigenvalue weighted by Gasteiger charge is -2.38. The Morgan fingerprint density at radius 2 is 1.93 bits per heavy atom. The third-order valence-electron chi connectivity index (χ3n) is 8.87. The molecule has 2 amide bonds. The molecule has 10 nitrogen and oxygen atoms in total. The number of amides is 2. The first kappa shape index (κ1) is 33.2. The van der Waals surface area contributed by atoms with Crippen molar-refractivity contribution >= 4 is 39.0 Å². The van der Waals surface area contributed by atoms with Gasteiger partial charge in [0.15, 0.2) is 5.82 Å². The van der Waals surface area contributed by atoms with Gasteiger partial charge in [0.2, 0.25) is 5.88 Å². The van der Waals surface area contributed by atoms with E-state index in [4.69, 9.17) is 19.5 Å². The van der Waals surface area contributed by atoms with Gasteiger partial charge >= 0.3 is 12.2 Å². The van der Waals surface area contributed by atoms with Gasteiger partial charge in [-0.15, -0.1) is 0 Å². The van der Waals surface area contributed by atoms with Gasteiger partial charge in [-0.25, -0.2) is 19.0 Å². The summed E-state index contributed by atoms with van der Waals surface area (Å²) in [5.74, 6) is -0.211. The average molecular weight is 689 g/mol. The van der Waals surface area contributed by atoms with E-state index in [2.05, 4.69) is 44.2 Å². The van der Waals surface area contributed by atoms with Gasteiger partial charge in [0.25, 0.3) is 0 Å². The molecule has 2 aromatic rings. The molecule has 0 radical (unpaired) electrons. The van der Waals surface area contributed by atoms with E-state index in [9.17, 15) is 9.59 Å². The Hall–Kier alpha value is -3.17. The minimum absolute atomic E-state index is 0.0308. The highest BCUT2D eigenvalue weighted by Gasteiger charge is 2.58. The molecule has 1 aromatic carbocycles. The van der Waals surface area contributed by atoms with Crippen molar-refractivity contribution in [3.63, 3.8) is 0 Å². The summed E-state index contributed by atoms with van der Waals surface area (Å²) in [6.45, 7) is 10.9. The van der Waals surface area contributed by atoms with Crippen LogP contribution in [0.1, 0.15) is 77.8 Å². The van der Waals surface area contributed by atoms with Gasteiger partial charge in [0.1, 0.15) is 23.3 Å². The summed E-state index contributed by atoms with van der Waals surface area (Å²) < 4.78 is 33.7. The maximum atomic E-state index is 15.8. The molecule has 1 aromatic heterocycles. The van der Waals surface area contributed by atoms with Crippen LogP contribution in [-0.2, 0) is 22.3 Å².